The lowest BCUT2D eigenvalue weighted by Gasteiger charge is -2.25. The van der Waals surface area contributed by atoms with E-state index >= 15 is 0 Å². The van der Waals surface area contributed by atoms with Crippen molar-refractivity contribution in [2.45, 2.75) is 50.8 Å². The van der Waals surface area contributed by atoms with Gasteiger partial charge in [-0.1, -0.05) is 26.7 Å². The van der Waals surface area contributed by atoms with Crippen LogP contribution >= 0.6 is 11.6 Å². The highest BCUT2D eigenvalue weighted by Crippen LogP contribution is 2.30. The first-order valence-electron chi connectivity index (χ1n) is 4.57. The summed E-state index contributed by atoms with van der Waals surface area (Å²) in [6.07, 6.45) is 5.46. The first kappa shape index (κ1) is 11.2. The Kier molecular flexibility index (Phi) is 5.98. The van der Waals surface area contributed by atoms with Gasteiger partial charge in [0.15, 0.2) is 0 Å². The van der Waals surface area contributed by atoms with Crippen molar-refractivity contribution >= 4 is 11.6 Å². The van der Waals surface area contributed by atoms with E-state index in [0.29, 0.717) is 6.54 Å². The second kappa shape index (κ2) is 5.84. The van der Waals surface area contributed by atoms with E-state index in [0.717, 1.165) is 32.1 Å². The fourth-order valence-electron chi connectivity index (χ4n) is 1.53. The molecule has 0 aliphatic heterocycles. The van der Waals surface area contributed by atoms with Crippen LogP contribution in [0.3, 0.4) is 0 Å². The summed E-state index contributed by atoms with van der Waals surface area (Å²) < 4.78 is 0. The average molecular weight is 178 g/mol. The topological polar surface area (TPSA) is 26.0 Å². The third kappa shape index (κ3) is 4.65. The Hall–Kier alpha value is 0.250. The largest absolute Gasteiger partial charge is 0.330 e. The summed E-state index contributed by atoms with van der Waals surface area (Å²) >= 11 is 6.36. The van der Waals surface area contributed by atoms with E-state index < -0.39 is 0 Å². The molecule has 2 N–H and O–H groups in total. The molecule has 0 aromatic carbocycles. The van der Waals surface area contributed by atoms with Gasteiger partial charge in [-0.3, -0.25) is 0 Å². The maximum Gasteiger partial charge on any atom is 0.0458 e. The van der Waals surface area contributed by atoms with Crippen LogP contribution in [0.1, 0.15) is 46.0 Å². The Morgan fingerprint density at radius 1 is 1.09 bits per heavy atom. The van der Waals surface area contributed by atoms with E-state index in [4.69, 9.17) is 17.3 Å². The molecule has 0 heterocycles. The van der Waals surface area contributed by atoms with Gasteiger partial charge in [0, 0.05) is 4.87 Å². The lowest BCUT2D eigenvalue weighted by atomic mass is 9.94. The van der Waals surface area contributed by atoms with Crippen LogP contribution < -0.4 is 5.73 Å². The summed E-state index contributed by atoms with van der Waals surface area (Å²) in [7, 11) is 0. The molecule has 0 saturated carbocycles. The van der Waals surface area contributed by atoms with Crippen molar-refractivity contribution in [1.82, 2.24) is 0 Å². The molecule has 0 spiro atoms. The molecular formula is C9H20ClN. The molecule has 2 heteroatoms. The summed E-state index contributed by atoms with van der Waals surface area (Å²) in [4.78, 5) is -0.00174. The molecule has 0 bridgehead atoms. The predicted molar refractivity (Wildman–Crippen MR) is 52.1 cm³/mol. The second-order valence-corrected chi connectivity index (χ2v) is 3.99. The molecule has 0 aromatic rings. The maximum atomic E-state index is 6.36. The van der Waals surface area contributed by atoms with Gasteiger partial charge in [0.1, 0.15) is 0 Å². The fourth-order valence-corrected chi connectivity index (χ4v) is 2.02. The molecule has 0 aromatic heterocycles. The third-order valence-corrected chi connectivity index (χ3v) is 2.56. The molecule has 0 radical (unpaired) electrons. The van der Waals surface area contributed by atoms with Crippen molar-refractivity contribution in [2.24, 2.45) is 5.73 Å². The van der Waals surface area contributed by atoms with E-state index in [1.165, 1.54) is 0 Å². The molecule has 0 aliphatic rings. The van der Waals surface area contributed by atoms with E-state index in [2.05, 4.69) is 13.8 Å². The zero-order valence-electron chi connectivity index (χ0n) is 7.70. The normalized spacial score (nSPS) is 12.0. The van der Waals surface area contributed by atoms with Crippen molar-refractivity contribution in [3.05, 3.63) is 0 Å². The van der Waals surface area contributed by atoms with Crippen LogP contribution in [-0.2, 0) is 0 Å². The van der Waals surface area contributed by atoms with Crippen molar-refractivity contribution in [1.29, 1.82) is 0 Å². The summed E-state index contributed by atoms with van der Waals surface area (Å²) in [6, 6.07) is 0. The minimum Gasteiger partial charge on any atom is -0.330 e. The minimum atomic E-state index is -0.00174. The Morgan fingerprint density at radius 2 is 1.55 bits per heavy atom. The zero-order chi connectivity index (χ0) is 8.74. The predicted octanol–water partition coefficient (Wildman–Crippen LogP) is 2.91. The van der Waals surface area contributed by atoms with Gasteiger partial charge in [-0.2, -0.15) is 0 Å². The van der Waals surface area contributed by atoms with E-state index in [1.54, 1.807) is 0 Å². The Labute approximate surface area is 75.3 Å². The molecular weight excluding hydrogens is 158 g/mol. The fraction of sp³-hybridized carbons (Fsp3) is 1.00. The van der Waals surface area contributed by atoms with Gasteiger partial charge < -0.3 is 5.73 Å². The highest BCUT2D eigenvalue weighted by molar-refractivity contribution is 6.23. The summed E-state index contributed by atoms with van der Waals surface area (Å²) in [6.45, 7) is 5.05. The van der Waals surface area contributed by atoms with E-state index in [9.17, 15) is 0 Å². The molecule has 0 saturated heterocycles. The number of rotatable bonds is 6. The van der Waals surface area contributed by atoms with Gasteiger partial charge in [-0.15, -0.1) is 11.6 Å². The van der Waals surface area contributed by atoms with Gasteiger partial charge >= 0.3 is 0 Å². The van der Waals surface area contributed by atoms with Crippen LogP contribution in [0.25, 0.3) is 0 Å². The van der Waals surface area contributed by atoms with Crippen molar-refractivity contribution in [3.8, 4) is 0 Å². The summed E-state index contributed by atoms with van der Waals surface area (Å²) in [5.41, 5.74) is 5.49. The number of hydrogen-bond donors (Lipinski definition) is 1. The smallest absolute Gasteiger partial charge is 0.0458 e. The van der Waals surface area contributed by atoms with Crippen LogP contribution in [0.2, 0.25) is 0 Å². The van der Waals surface area contributed by atoms with Crippen LogP contribution in [0, 0.1) is 0 Å². The summed E-state index contributed by atoms with van der Waals surface area (Å²) in [5.74, 6) is 0. The molecule has 0 atom stereocenters. The molecule has 68 valence electrons. The molecule has 0 aliphatic carbocycles. The molecule has 0 rings (SSSR count). The van der Waals surface area contributed by atoms with Gasteiger partial charge in [0.2, 0.25) is 0 Å². The zero-order valence-corrected chi connectivity index (χ0v) is 8.45. The second-order valence-electron chi connectivity index (χ2n) is 3.19. The first-order valence-corrected chi connectivity index (χ1v) is 4.95. The molecule has 0 fully saturated rings. The monoisotopic (exact) mass is 177 g/mol. The van der Waals surface area contributed by atoms with Gasteiger partial charge in [-0.05, 0) is 25.8 Å². The number of nitrogens with two attached hydrogens (primary N) is 1. The highest BCUT2D eigenvalue weighted by atomic mass is 35.5. The van der Waals surface area contributed by atoms with Crippen LogP contribution in [0.5, 0.6) is 0 Å². The van der Waals surface area contributed by atoms with Crippen LogP contribution in [-0.4, -0.2) is 11.4 Å². The summed E-state index contributed by atoms with van der Waals surface area (Å²) in [5, 5.41) is 0. The van der Waals surface area contributed by atoms with Crippen molar-refractivity contribution in [3.63, 3.8) is 0 Å². The Morgan fingerprint density at radius 3 is 1.82 bits per heavy atom. The average Bonchev–Trinajstić information content (AvgIpc) is 1.88. The van der Waals surface area contributed by atoms with E-state index in [1.807, 2.05) is 0 Å². The standard InChI is InChI=1S/C9H20ClN/c1-3-5-9(10,6-4-2)7-8-11/h3-8,11H2,1-2H3. The number of alkyl halides is 1. The van der Waals surface area contributed by atoms with Crippen molar-refractivity contribution < 1.29 is 0 Å². The van der Waals surface area contributed by atoms with Gasteiger partial charge in [-0.25, -0.2) is 0 Å². The maximum absolute atomic E-state index is 6.36. The quantitative estimate of drug-likeness (QED) is 0.621. The SMILES string of the molecule is CCCC(Cl)(CCC)CCN. The van der Waals surface area contributed by atoms with Gasteiger partial charge in [0.25, 0.3) is 0 Å². The minimum absolute atomic E-state index is 0.00174. The Bertz CT molecular complexity index is 76.5. The molecule has 0 unspecified atom stereocenters. The number of hydrogen-bond acceptors (Lipinski definition) is 1. The number of halogens is 1. The van der Waals surface area contributed by atoms with Crippen LogP contribution in [0.15, 0.2) is 0 Å². The molecule has 0 amide bonds. The highest BCUT2D eigenvalue weighted by Gasteiger charge is 2.23. The van der Waals surface area contributed by atoms with Crippen molar-refractivity contribution in [2.75, 3.05) is 6.54 Å². The van der Waals surface area contributed by atoms with Gasteiger partial charge in [0.05, 0.1) is 0 Å². The molecule has 1 nitrogen and oxygen atoms in total. The Balaban J connectivity index is 3.79. The lowest BCUT2D eigenvalue weighted by Crippen LogP contribution is -2.24. The molecule has 11 heavy (non-hydrogen) atoms. The van der Waals surface area contributed by atoms with E-state index in [-0.39, 0.29) is 4.87 Å². The third-order valence-electron chi connectivity index (χ3n) is 1.99. The van der Waals surface area contributed by atoms with Crippen LogP contribution in [0.4, 0.5) is 0 Å². The first-order chi connectivity index (χ1) is 5.18. The lowest BCUT2D eigenvalue weighted by molar-refractivity contribution is 0.454.